The second kappa shape index (κ2) is 6.55. The number of nitrogens with zero attached hydrogens (tertiary/aromatic N) is 4. The molecule has 0 amide bonds. The first-order valence-corrected chi connectivity index (χ1v) is 7.92. The highest BCUT2D eigenvalue weighted by Gasteiger charge is 2.23. The van der Waals surface area contributed by atoms with Crippen molar-refractivity contribution in [1.29, 1.82) is 0 Å². The van der Waals surface area contributed by atoms with Gasteiger partial charge in [0, 0.05) is 25.2 Å². The summed E-state index contributed by atoms with van der Waals surface area (Å²) >= 11 is 0. The van der Waals surface area contributed by atoms with Gasteiger partial charge in [-0.15, -0.1) is 0 Å². The number of benzene rings is 1. The van der Waals surface area contributed by atoms with Crippen LogP contribution in [0.5, 0.6) is 11.5 Å². The lowest BCUT2D eigenvalue weighted by Crippen LogP contribution is -2.43. The third-order valence-electron chi connectivity index (χ3n) is 4.12. The van der Waals surface area contributed by atoms with Gasteiger partial charge in [-0.05, 0) is 6.07 Å². The highest BCUT2D eigenvalue weighted by Crippen LogP contribution is 2.34. The molecular weight excluding hydrogens is 296 g/mol. The fourth-order valence-corrected chi connectivity index (χ4v) is 3.07. The standard InChI is InChI=1S/C16H20N4O3/c1-2-13(16-15(3-1)22-6-7-23-16)8-19-4-5-21-14(9-19)10-20-12-17-11-18-20/h1-3,11-12,14H,4-10H2/t14-/m1/s1. The number of ether oxygens (including phenoxy) is 3. The molecule has 1 aromatic carbocycles. The highest BCUT2D eigenvalue weighted by atomic mass is 16.6. The van der Waals surface area contributed by atoms with Crippen LogP contribution in [0.25, 0.3) is 0 Å². The van der Waals surface area contributed by atoms with Crippen LogP contribution < -0.4 is 9.47 Å². The maximum atomic E-state index is 5.85. The van der Waals surface area contributed by atoms with Crippen molar-refractivity contribution in [2.75, 3.05) is 32.9 Å². The van der Waals surface area contributed by atoms with Gasteiger partial charge in [0.2, 0.25) is 0 Å². The summed E-state index contributed by atoms with van der Waals surface area (Å²) < 4.78 is 19.1. The van der Waals surface area contributed by atoms with Crippen molar-refractivity contribution < 1.29 is 14.2 Å². The molecule has 4 rings (SSSR count). The van der Waals surface area contributed by atoms with Gasteiger partial charge in [-0.1, -0.05) is 12.1 Å². The zero-order valence-corrected chi connectivity index (χ0v) is 12.9. The minimum absolute atomic E-state index is 0.127. The number of para-hydroxylation sites is 1. The maximum absolute atomic E-state index is 5.85. The van der Waals surface area contributed by atoms with Crippen LogP contribution in [0.1, 0.15) is 5.56 Å². The Balaban J connectivity index is 1.42. The summed E-state index contributed by atoms with van der Waals surface area (Å²) in [6, 6.07) is 6.09. The van der Waals surface area contributed by atoms with Crippen LogP contribution in [0.2, 0.25) is 0 Å². The van der Waals surface area contributed by atoms with Crippen molar-refractivity contribution in [3.8, 4) is 11.5 Å². The monoisotopic (exact) mass is 316 g/mol. The maximum Gasteiger partial charge on any atom is 0.165 e. The number of aromatic nitrogens is 3. The van der Waals surface area contributed by atoms with Crippen LogP contribution in [-0.2, 0) is 17.8 Å². The number of hydrogen-bond acceptors (Lipinski definition) is 6. The summed E-state index contributed by atoms with van der Waals surface area (Å²) in [4.78, 5) is 6.36. The summed E-state index contributed by atoms with van der Waals surface area (Å²) in [7, 11) is 0. The van der Waals surface area contributed by atoms with Gasteiger partial charge in [0.15, 0.2) is 11.5 Å². The van der Waals surface area contributed by atoms with E-state index in [9.17, 15) is 0 Å². The number of morpholine rings is 1. The van der Waals surface area contributed by atoms with Gasteiger partial charge in [-0.25, -0.2) is 4.98 Å². The summed E-state index contributed by atoms with van der Waals surface area (Å²) in [6.45, 7) is 5.30. The molecule has 2 aliphatic heterocycles. The number of rotatable bonds is 4. The van der Waals surface area contributed by atoms with E-state index in [1.54, 1.807) is 12.7 Å². The third-order valence-corrected chi connectivity index (χ3v) is 4.12. The fourth-order valence-electron chi connectivity index (χ4n) is 3.07. The van der Waals surface area contributed by atoms with Crippen molar-refractivity contribution in [3.63, 3.8) is 0 Å². The number of fused-ring (bicyclic) bond motifs is 1. The van der Waals surface area contributed by atoms with Crippen molar-refractivity contribution in [3.05, 3.63) is 36.4 Å². The zero-order valence-electron chi connectivity index (χ0n) is 12.9. The van der Waals surface area contributed by atoms with E-state index in [2.05, 4.69) is 21.0 Å². The predicted octanol–water partition coefficient (Wildman–Crippen LogP) is 0.950. The smallest absolute Gasteiger partial charge is 0.165 e. The van der Waals surface area contributed by atoms with E-state index in [1.807, 2.05) is 16.8 Å². The molecule has 0 N–H and O–H groups in total. The molecule has 2 aromatic rings. The first-order valence-electron chi connectivity index (χ1n) is 7.92. The molecule has 0 bridgehead atoms. The van der Waals surface area contributed by atoms with E-state index in [4.69, 9.17) is 14.2 Å². The van der Waals surface area contributed by atoms with Crippen LogP contribution >= 0.6 is 0 Å². The second-order valence-corrected chi connectivity index (χ2v) is 5.79. The Kier molecular flexibility index (Phi) is 4.12. The van der Waals surface area contributed by atoms with E-state index in [0.29, 0.717) is 13.2 Å². The molecule has 1 atom stereocenters. The van der Waals surface area contributed by atoms with Gasteiger partial charge < -0.3 is 14.2 Å². The first-order chi connectivity index (χ1) is 11.4. The lowest BCUT2D eigenvalue weighted by molar-refractivity contribution is -0.0405. The van der Waals surface area contributed by atoms with E-state index in [-0.39, 0.29) is 6.10 Å². The summed E-state index contributed by atoms with van der Waals surface area (Å²) in [5.74, 6) is 1.74. The van der Waals surface area contributed by atoms with Crippen LogP contribution in [0.15, 0.2) is 30.9 Å². The van der Waals surface area contributed by atoms with Crippen molar-refractivity contribution >= 4 is 0 Å². The van der Waals surface area contributed by atoms with Crippen LogP contribution in [0, 0.1) is 0 Å². The van der Waals surface area contributed by atoms with Gasteiger partial charge >= 0.3 is 0 Å². The minimum Gasteiger partial charge on any atom is -0.486 e. The highest BCUT2D eigenvalue weighted by molar-refractivity contribution is 5.47. The van der Waals surface area contributed by atoms with Gasteiger partial charge in [0.1, 0.15) is 25.9 Å². The molecular formula is C16H20N4O3. The first kappa shape index (κ1) is 14.5. The van der Waals surface area contributed by atoms with Gasteiger partial charge in [0.05, 0.1) is 19.3 Å². The normalized spacial score (nSPS) is 21.3. The average molecular weight is 316 g/mol. The minimum atomic E-state index is 0.127. The predicted molar refractivity (Wildman–Crippen MR) is 82.5 cm³/mol. The van der Waals surface area contributed by atoms with E-state index in [0.717, 1.165) is 44.3 Å². The number of hydrogen-bond donors (Lipinski definition) is 0. The molecule has 1 fully saturated rings. The molecule has 0 aliphatic carbocycles. The Bertz CT molecular complexity index is 647. The van der Waals surface area contributed by atoms with Crippen molar-refractivity contribution in [2.45, 2.75) is 19.2 Å². The molecule has 2 aliphatic rings. The molecule has 7 nitrogen and oxygen atoms in total. The lowest BCUT2D eigenvalue weighted by Gasteiger charge is -2.33. The Morgan fingerprint density at radius 2 is 2.13 bits per heavy atom. The van der Waals surface area contributed by atoms with Gasteiger partial charge in [-0.3, -0.25) is 9.58 Å². The molecule has 7 heteroatoms. The Hall–Kier alpha value is -2.12. The molecule has 0 spiro atoms. The van der Waals surface area contributed by atoms with Crippen LogP contribution in [-0.4, -0.2) is 58.7 Å². The quantitative estimate of drug-likeness (QED) is 0.837. The van der Waals surface area contributed by atoms with Gasteiger partial charge in [0.25, 0.3) is 0 Å². The van der Waals surface area contributed by atoms with E-state index in [1.165, 1.54) is 5.56 Å². The van der Waals surface area contributed by atoms with E-state index >= 15 is 0 Å². The second-order valence-electron chi connectivity index (χ2n) is 5.79. The SMILES string of the molecule is c1cc(CN2CCO[C@@H](Cn3cncn3)C2)c2c(c1)OCCO2. The Morgan fingerprint density at radius 3 is 3.04 bits per heavy atom. The average Bonchev–Trinajstić information content (AvgIpc) is 3.09. The summed E-state index contributed by atoms with van der Waals surface area (Å²) in [6.07, 6.45) is 3.40. The Morgan fingerprint density at radius 1 is 1.17 bits per heavy atom. The van der Waals surface area contributed by atoms with Crippen molar-refractivity contribution in [2.24, 2.45) is 0 Å². The lowest BCUT2D eigenvalue weighted by atomic mass is 10.1. The summed E-state index contributed by atoms with van der Waals surface area (Å²) in [5.41, 5.74) is 1.17. The van der Waals surface area contributed by atoms with Crippen molar-refractivity contribution in [1.82, 2.24) is 19.7 Å². The topological polar surface area (TPSA) is 61.6 Å². The molecule has 0 unspecified atom stereocenters. The zero-order chi connectivity index (χ0) is 15.5. The molecule has 1 aromatic heterocycles. The van der Waals surface area contributed by atoms with E-state index < -0.39 is 0 Å². The van der Waals surface area contributed by atoms with Crippen LogP contribution in [0.3, 0.4) is 0 Å². The Labute approximate surface area is 134 Å². The van der Waals surface area contributed by atoms with Crippen LogP contribution in [0.4, 0.5) is 0 Å². The molecule has 3 heterocycles. The fraction of sp³-hybridized carbons (Fsp3) is 0.500. The molecule has 23 heavy (non-hydrogen) atoms. The molecule has 122 valence electrons. The molecule has 0 radical (unpaired) electrons. The largest absolute Gasteiger partial charge is 0.486 e. The third kappa shape index (κ3) is 3.30. The molecule has 1 saturated heterocycles. The molecule has 0 saturated carbocycles. The van der Waals surface area contributed by atoms with Gasteiger partial charge in [-0.2, -0.15) is 5.10 Å². The summed E-state index contributed by atoms with van der Waals surface area (Å²) in [5, 5.41) is 4.15.